The molecule has 2 aromatic rings. The Labute approximate surface area is 168 Å². The summed E-state index contributed by atoms with van der Waals surface area (Å²) in [4.78, 5) is 23.6. The quantitative estimate of drug-likeness (QED) is 0.491. The van der Waals surface area contributed by atoms with E-state index in [-0.39, 0.29) is 24.3 Å². The summed E-state index contributed by atoms with van der Waals surface area (Å²) in [5.41, 5.74) is 3.23. The fourth-order valence-electron chi connectivity index (χ4n) is 3.20. The second kappa shape index (κ2) is 8.57. The van der Waals surface area contributed by atoms with Gasteiger partial charge in [-0.05, 0) is 57.1 Å². The highest BCUT2D eigenvalue weighted by atomic mass is 35.5. The lowest BCUT2D eigenvalue weighted by atomic mass is 10.1. The van der Waals surface area contributed by atoms with Crippen LogP contribution in [-0.2, 0) is 17.8 Å². The van der Waals surface area contributed by atoms with Crippen LogP contribution < -0.4 is 0 Å². The van der Waals surface area contributed by atoms with Crippen LogP contribution in [0, 0.1) is 19.7 Å². The van der Waals surface area contributed by atoms with Crippen molar-refractivity contribution in [3.05, 3.63) is 51.6 Å². The van der Waals surface area contributed by atoms with Gasteiger partial charge in [0.2, 0.25) is 5.91 Å². The third kappa shape index (κ3) is 4.79. The third-order valence-corrected chi connectivity index (χ3v) is 5.77. The summed E-state index contributed by atoms with van der Waals surface area (Å²) in [6.45, 7) is 4.12. The van der Waals surface area contributed by atoms with E-state index >= 15 is 0 Å². The van der Waals surface area contributed by atoms with Gasteiger partial charge in [0.05, 0.1) is 6.54 Å². The van der Waals surface area contributed by atoms with Gasteiger partial charge in [-0.25, -0.2) is 14.4 Å². The molecule has 1 aliphatic carbocycles. The predicted molar refractivity (Wildman–Crippen MR) is 107 cm³/mol. The summed E-state index contributed by atoms with van der Waals surface area (Å²) in [5.74, 6) is -0.349. The maximum atomic E-state index is 14.1. The monoisotopic (exact) mass is 407 g/mol. The zero-order valence-electron chi connectivity index (χ0n) is 15.8. The molecule has 0 N–H and O–H groups in total. The number of hydrogen-bond acceptors (Lipinski definition) is 4. The standard InChI is InChI=1S/C20H23ClFN3OS/c1-12-15(13(2)24-20(23-12)27-3)9-10-19(26)25(14-7-8-14)11-16-17(21)5-4-6-18(16)22/h4-6,14H,7-11H2,1-3H3. The first-order valence-corrected chi connectivity index (χ1v) is 10.6. The number of carbonyl (C=O) groups excluding carboxylic acids is 1. The zero-order valence-corrected chi connectivity index (χ0v) is 17.3. The van der Waals surface area contributed by atoms with Crippen molar-refractivity contribution in [1.82, 2.24) is 14.9 Å². The van der Waals surface area contributed by atoms with Crippen LogP contribution in [0.1, 0.15) is 41.8 Å². The second-order valence-corrected chi connectivity index (χ2v) is 7.99. The second-order valence-electron chi connectivity index (χ2n) is 6.81. The van der Waals surface area contributed by atoms with Crippen LogP contribution in [0.4, 0.5) is 4.39 Å². The molecule has 0 radical (unpaired) electrons. The number of hydrogen-bond donors (Lipinski definition) is 0. The summed E-state index contributed by atoms with van der Waals surface area (Å²) in [5, 5.41) is 1.11. The van der Waals surface area contributed by atoms with Crippen molar-refractivity contribution in [3.63, 3.8) is 0 Å². The van der Waals surface area contributed by atoms with Gasteiger partial charge in [-0.3, -0.25) is 4.79 Å². The van der Waals surface area contributed by atoms with Crippen molar-refractivity contribution >= 4 is 29.3 Å². The molecule has 27 heavy (non-hydrogen) atoms. The largest absolute Gasteiger partial charge is 0.335 e. The van der Waals surface area contributed by atoms with Gasteiger partial charge >= 0.3 is 0 Å². The van der Waals surface area contributed by atoms with Crippen LogP contribution >= 0.6 is 23.4 Å². The molecule has 1 aromatic carbocycles. The molecule has 144 valence electrons. The van der Waals surface area contributed by atoms with Crippen molar-refractivity contribution in [1.29, 1.82) is 0 Å². The van der Waals surface area contributed by atoms with Gasteiger partial charge < -0.3 is 4.90 Å². The minimum absolute atomic E-state index is 0.0181. The van der Waals surface area contributed by atoms with Gasteiger partial charge in [0.15, 0.2) is 5.16 Å². The van der Waals surface area contributed by atoms with Crippen LogP contribution in [0.5, 0.6) is 0 Å². The fourth-order valence-corrected chi connectivity index (χ4v) is 3.88. The van der Waals surface area contributed by atoms with Crippen molar-refractivity contribution in [3.8, 4) is 0 Å². The number of nitrogens with zero attached hydrogens (tertiary/aromatic N) is 3. The number of amides is 1. The predicted octanol–water partition coefficient (Wildman–Crippen LogP) is 4.73. The number of aryl methyl sites for hydroxylation is 2. The maximum Gasteiger partial charge on any atom is 0.223 e. The Morgan fingerprint density at radius 2 is 1.93 bits per heavy atom. The molecular formula is C20H23ClFN3OS. The SMILES string of the molecule is CSc1nc(C)c(CCC(=O)N(Cc2c(F)cccc2Cl)C2CC2)c(C)n1. The van der Waals surface area contributed by atoms with Gasteiger partial charge in [-0.1, -0.05) is 29.4 Å². The molecule has 4 nitrogen and oxygen atoms in total. The van der Waals surface area contributed by atoms with Crippen molar-refractivity contribution in [2.75, 3.05) is 6.26 Å². The minimum atomic E-state index is -0.367. The summed E-state index contributed by atoms with van der Waals surface area (Å²) in [7, 11) is 0. The van der Waals surface area contributed by atoms with Gasteiger partial charge in [-0.2, -0.15) is 0 Å². The van der Waals surface area contributed by atoms with Crippen molar-refractivity contribution in [2.45, 2.75) is 57.3 Å². The molecule has 1 heterocycles. The van der Waals surface area contributed by atoms with Crippen LogP contribution in [0.2, 0.25) is 5.02 Å². The number of thioether (sulfide) groups is 1. The number of rotatable bonds is 7. The van der Waals surface area contributed by atoms with Crippen LogP contribution in [0.15, 0.2) is 23.4 Å². The Morgan fingerprint density at radius 1 is 1.26 bits per heavy atom. The highest BCUT2D eigenvalue weighted by Crippen LogP contribution is 2.31. The average Bonchev–Trinajstić information content (AvgIpc) is 3.45. The van der Waals surface area contributed by atoms with Gasteiger partial charge in [0, 0.05) is 34.4 Å². The van der Waals surface area contributed by atoms with E-state index in [0.29, 0.717) is 23.4 Å². The molecule has 0 spiro atoms. The number of aromatic nitrogens is 2. The van der Waals surface area contributed by atoms with Gasteiger partial charge in [0.25, 0.3) is 0 Å². The van der Waals surface area contributed by atoms with E-state index in [1.807, 2.05) is 20.1 Å². The first-order valence-electron chi connectivity index (χ1n) is 9.01. The normalized spacial score (nSPS) is 13.7. The molecule has 1 aliphatic rings. The molecule has 0 unspecified atom stereocenters. The Balaban J connectivity index is 1.72. The van der Waals surface area contributed by atoms with Crippen molar-refractivity contribution < 1.29 is 9.18 Å². The lowest BCUT2D eigenvalue weighted by molar-refractivity contribution is -0.132. The van der Waals surface area contributed by atoms with E-state index in [0.717, 1.165) is 34.9 Å². The number of carbonyl (C=O) groups is 1. The fraction of sp³-hybridized carbons (Fsp3) is 0.450. The van der Waals surface area contributed by atoms with Crippen LogP contribution in [0.3, 0.4) is 0 Å². The molecular weight excluding hydrogens is 385 g/mol. The molecule has 3 rings (SSSR count). The zero-order chi connectivity index (χ0) is 19.6. The van der Waals surface area contributed by atoms with E-state index < -0.39 is 0 Å². The van der Waals surface area contributed by atoms with Crippen LogP contribution in [-0.4, -0.2) is 33.1 Å². The molecule has 0 atom stereocenters. The number of benzene rings is 1. The van der Waals surface area contributed by atoms with E-state index in [9.17, 15) is 9.18 Å². The molecule has 1 aromatic heterocycles. The molecule has 1 fully saturated rings. The highest BCUT2D eigenvalue weighted by molar-refractivity contribution is 7.98. The van der Waals surface area contributed by atoms with Crippen molar-refractivity contribution in [2.24, 2.45) is 0 Å². The first-order chi connectivity index (χ1) is 12.9. The lowest BCUT2D eigenvalue weighted by Gasteiger charge is -2.24. The Kier molecular flexibility index (Phi) is 6.37. The molecule has 1 saturated carbocycles. The van der Waals surface area contributed by atoms with Gasteiger partial charge in [0.1, 0.15) is 5.82 Å². The van der Waals surface area contributed by atoms with Gasteiger partial charge in [-0.15, -0.1) is 0 Å². The number of halogens is 2. The average molecular weight is 408 g/mol. The lowest BCUT2D eigenvalue weighted by Crippen LogP contribution is -2.33. The molecule has 0 saturated heterocycles. The topological polar surface area (TPSA) is 46.1 Å². The van der Waals surface area contributed by atoms with E-state index in [1.54, 1.807) is 17.0 Å². The molecule has 0 bridgehead atoms. The molecule has 7 heteroatoms. The molecule has 0 aliphatic heterocycles. The third-order valence-electron chi connectivity index (χ3n) is 4.87. The van der Waals surface area contributed by atoms with E-state index in [4.69, 9.17) is 11.6 Å². The minimum Gasteiger partial charge on any atom is -0.335 e. The maximum absolute atomic E-state index is 14.1. The Hall–Kier alpha value is -1.66. The summed E-state index contributed by atoms with van der Waals surface area (Å²) < 4.78 is 14.1. The smallest absolute Gasteiger partial charge is 0.223 e. The highest BCUT2D eigenvalue weighted by Gasteiger charge is 2.33. The summed E-state index contributed by atoms with van der Waals surface area (Å²) in [6, 6.07) is 4.81. The van der Waals surface area contributed by atoms with E-state index in [2.05, 4.69) is 9.97 Å². The van der Waals surface area contributed by atoms with Crippen LogP contribution in [0.25, 0.3) is 0 Å². The summed E-state index contributed by atoms with van der Waals surface area (Å²) >= 11 is 7.66. The first kappa shape index (κ1) is 20.1. The summed E-state index contributed by atoms with van der Waals surface area (Å²) in [6.07, 6.45) is 4.80. The Morgan fingerprint density at radius 3 is 2.48 bits per heavy atom. The van der Waals surface area contributed by atoms with E-state index in [1.165, 1.54) is 17.8 Å². The Bertz CT molecular complexity index is 814. The molecule has 1 amide bonds.